The highest BCUT2D eigenvalue weighted by Crippen LogP contribution is 2.24. The van der Waals surface area contributed by atoms with Crippen LogP contribution in [0.25, 0.3) is 0 Å². The number of hydrogen-bond donors (Lipinski definition) is 1. The highest BCUT2D eigenvalue weighted by atomic mass is 16.8. The van der Waals surface area contributed by atoms with Crippen molar-refractivity contribution in [1.82, 2.24) is 9.78 Å². The molecule has 0 amide bonds. The Balaban J connectivity index is 2.05. The van der Waals surface area contributed by atoms with Crippen LogP contribution < -0.4 is 5.73 Å². The van der Waals surface area contributed by atoms with E-state index in [1.165, 1.54) is 7.11 Å². The van der Waals surface area contributed by atoms with E-state index in [-0.39, 0.29) is 22.5 Å². The van der Waals surface area contributed by atoms with Gasteiger partial charge in [-0.05, 0) is 18.8 Å². The Kier molecular flexibility index (Phi) is 3.22. The first-order valence-corrected chi connectivity index (χ1v) is 5.57. The van der Waals surface area contributed by atoms with Crippen molar-refractivity contribution in [2.45, 2.75) is 32.3 Å². The van der Waals surface area contributed by atoms with Gasteiger partial charge in [-0.3, -0.25) is 0 Å². The fourth-order valence-electron chi connectivity index (χ4n) is 1.81. The summed E-state index contributed by atoms with van der Waals surface area (Å²) in [4.78, 5) is 16.0. The van der Waals surface area contributed by atoms with Crippen LogP contribution in [0.15, 0.2) is 6.20 Å². The number of nitrogens with zero attached hydrogens (tertiary/aromatic N) is 3. The second-order valence-electron chi connectivity index (χ2n) is 4.52. The molecule has 18 heavy (non-hydrogen) atoms. The molecule has 100 valence electrons. The maximum atomic E-state index is 11.3. The Hall–Kier alpha value is -1.67. The summed E-state index contributed by atoms with van der Waals surface area (Å²) in [5, 5.41) is 4.04. The van der Waals surface area contributed by atoms with E-state index < -0.39 is 5.79 Å². The lowest BCUT2D eigenvalue weighted by Crippen LogP contribution is -2.24. The molecule has 8 heteroatoms. The minimum absolute atomic E-state index is 0.0377. The number of rotatable bonds is 4. The van der Waals surface area contributed by atoms with E-state index in [0.29, 0.717) is 13.2 Å². The summed E-state index contributed by atoms with van der Waals surface area (Å²) >= 11 is 0. The van der Waals surface area contributed by atoms with Crippen LogP contribution in [-0.4, -0.2) is 40.3 Å². The van der Waals surface area contributed by atoms with Crippen LogP contribution in [0.3, 0.4) is 0 Å². The average molecular weight is 257 g/mol. The predicted molar refractivity (Wildman–Crippen MR) is 61.8 cm³/mol. The van der Waals surface area contributed by atoms with Gasteiger partial charge in [0.1, 0.15) is 13.2 Å². The van der Waals surface area contributed by atoms with Gasteiger partial charge in [0.2, 0.25) is 0 Å². The molecule has 0 spiro atoms. The molecule has 0 radical (unpaired) electrons. The Morgan fingerprint density at radius 1 is 1.72 bits per heavy atom. The topological polar surface area (TPSA) is 91.6 Å². The Labute approximate surface area is 104 Å². The number of hydrogen-bond acceptors (Lipinski definition) is 6. The van der Waals surface area contributed by atoms with Crippen molar-refractivity contribution in [3.63, 3.8) is 0 Å². The van der Waals surface area contributed by atoms with Gasteiger partial charge in [0.05, 0.1) is 24.4 Å². The highest BCUT2D eigenvalue weighted by molar-refractivity contribution is 5.50. The standard InChI is InChI=1S/C10H17N4O4/c1-10(2)17-6-7(18-10)4-13-5-8(11)9(12-13)14(15)16-3/h5,7H,4,6,11H2,1-3H3/q+1/t7-/m1/s1. The fourth-order valence-corrected chi connectivity index (χ4v) is 1.81. The molecule has 2 N–H and O–H groups in total. The maximum Gasteiger partial charge on any atom is 0.456 e. The molecule has 0 aromatic carbocycles. The third-order valence-electron chi connectivity index (χ3n) is 2.57. The fraction of sp³-hybridized carbons (Fsp3) is 0.700. The van der Waals surface area contributed by atoms with Crippen LogP contribution in [0.4, 0.5) is 11.5 Å². The highest BCUT2D eigenvalue weighted by Gasteiger charge is 2.34. The molecule has 2 rings (SSSR count). The number of anilines is 1. The minimum Gasteiger partial charge on any atom is -0.390 e. The summed E-state index contributed by atoms with van der Waals surface area (Å²) in [7, 11) is 1.25. The van der Waals surface area contributed by atoms with E-state index >= 15 is 0 Å². The van der Waals surface area contributed by atoms with Gasteiger partial charge in [-0.1, -0.05) is 0 Å². The molecule has 2 heterocycles. The van der Waals surface area contributed by atoms with Crippen LogP contribution in [0.1, 0.15) is 13.8 Å². The summed E-state index contributed by atoms with van der Waals surface area (Å²) in [5.41, 5.74) is 5.92. The molecule has 1 saturated heterocycles. The molecule has 1 aromatic rings. The van der Waals surface area contributed by atoms with Crippen LogP contribution in [0, 0.1) is 4.91 Å². The van der Waals surface area contributed by atoms with Crippen LogP contribution in [-0.2, 0) is 20.9 Å². The second kappa shape index (κ2) is 4.54. The summed E-state index contributed by atoms with van der Waals surface area (Å²) in [6.45, 7) is 4.64. The van der Waals surface area contributed by atoms with Gasteiger partial charge < -0.3 is 20.0 Å². The molecule has 1 fully saturated rings. The smallest absolute Gasteiger partial charge is 0.390 e. The van der Waals surface area contributed by atoms with Gasteiger partial charge >= 0.3 is 5.82 Å². The van der Waals surface area contributed by atoms with Gasteiger partial charge in [0.25, 0.3) is 0 Å². The lowest BCUT2D eigenvalue weighted by Gasteiger charge is -2.16. The lowest BCUT2D eigenvalue weighted by atomic mass is 10.4. The lowest BCUT2D eigenvalue weighted by molar-refractivity contribution is -0.738. The Morgan fingerprint density at radius 2 is 2.44 bits per heavy atom. The van der Waals surface area contributed by atoms with E-state index in [1.807, 2.05) is 13.8 Å². The van der Waals surface area contributed by atoms with Gasteiger partial charge in [0.15, 0.2) is 16.4 Å². The molecule has 0 aliphatic carbocycles. The molecule has 0 unspecified atom stereocenters. The van der Waals surface area contributed by atoms with Gasteiger partial charge in [-0.15, -0.1) is 0 Å². The first-order valence-electron chi connectivity index (χ1n) is 5.57. The molecule has 0 bridgehead atoms. The van der Waals surface area contributed by atoms with Crippen molar-refractivity contribution in [2.75, 3.05) is 19.5 Å². The van der Waals surface area contributed by atoms with E-state index in [1.54, 1.807) is 10.9 Å². The van der Waals surface area contributed by atoms with Crippen molar-refractivity contribution >= 4 is 11.5 Å². The molecular weight excluding hydrogens is 240 g/mol. The number of nitrogen functional groups attached to an aromatic ring is 1. The SMILES string of the molecule is CO[N+](=O)c1nn(C[C@@H]2COC(C)(C)O2)cc1N. The quantitative estimate of drug-likeness (QED) is 0.794. The zero-order valence-corrected chi connectivity index (χ0v) is 10.6. The largest absolute Gasteiger partial charge is 0.456 e. The van der Waals surface area contributed by atoms with Crippen molar-refractivity contribution < 1.29 is 19.2 Å². The number of ether oxygens (including phenoxy) is 2. The maximum absolute atomic E-state index is 11.3. The monoisotopic (exact) mass is 257 g/mol. The van der Waals surface area contributed by atoms with Crippen molar-refractivity contribution in [3.8, 4) is 0 Å². The van der Waals surface area contributed by atoms with E-state index in [9.17, 15) is 4.91 Å². The van der Waals surface area contributed by atoms with Gasteiger partial charge in [0, 0.05) is 0 Å². The molecule has 1 atom stereocenters. The third kappa shape index (κ3) is 2.59. The first-order chi connectivity index (χ1) is 8.41. The summed E-state index contributed by atoms with van der Waals surface area (Å²) in [5.74, 6) is -0.542. The normalized spacial score (nSPS) is 22.1. The average Bonchev–Trinajstić information content (AvgIpc) is 2.81. The number of nitrogens with two attached hydrogens (primary N) is 1. The van der Waals surface area contributed by atoms with Crippen molar-refractivity contribution in [3.05, 3.63) is 11.1 Å². The molecule has 1 aliphatic rings. The van der Waals surface area contributed by atoms with Crippen LogP contribution in [0.2, 0.25) is 0 Å². The van der Waals surface area contributed by atoms with Crippen LogP contribution >= 0.6 is 0 Å². The molecular formula is C10H17N4O4+. The predicted octanol–water partition coefficient (Wildman–Crippen LogP) is 0.589. The molecule has 8 nitrogen and oxygen atoms in total. The number of aromatic nitrogens is 2. The third-order valence-corrected chi connectivity index (χ3v) is 2.57. The zero-order valence-electron chi connectivity index (χ0n) is 10.6. The van der Waals surface area contributed by atoms with Gasteiger partial charge in [-0.2, -0.15) is 4.68 Å². The molecule has 0 saturated carbocycles. The molecule has 1 aromatic heterocycles. The van der Waals surface area contributed by atoms with Crippen molar-refractivity contribution in [2.24, 2.45) is 0 Å². The van der Waals surface area contributed by atoms with E-state index in [2.05, 4.69) is 9.94 Å². The Bertz CT molecular complexity index is 457. The van der Waals surface area contributed by atoms with E-state index in [0.717, 1.165) is 0 Å². The summed E-state index contributed by atoms with van der Waals surface area (Å²) < 4.78 is 12.6. The zero-order chi connectivity index (χ0) is 13.3. The summed E-state index contributed by atoms with van der Waals surface area (Å²) in [6, 6.07) is 0. The molecule has 1 aliphatic heterocycles. The van der Waals surface area contributed by atoms with E-state index in [4.69, 9.17) is 15.2 Å². The van der Waals surface area contributed by atoms with Gasteiger partial charge in [-0.25, -0.2) is 0 Å². The first kappa shape index (κ1) is 12.8. The minimum atomic E-state index is -0.580. The Morgan fingerprint density at radius 3 is 3.00 bits per heavy atom. The second-order valence-corrected chi connectivity index (χ2v) is 4.52. The van der Waals surface area contributed by atoms with Crippen molar-refractivity contribution in [1.29, 1.82) is 0 Å². The van der Waals surface area contributed by atoms with Crippen LogP contribution in [0.5, 0.6) is 0 Å². The summed E-state index contributed by atoms with van der Waals surface area (Å²) in [6.07, 6.45) is 1.45.